The first-order chi connectivity index (χ1) is 8.34. The molecule has 0 spiro atoms. The molecule has 1 atom stereocenters. The third-order valence-electron chi connectivity index (χ3n) is 2.80. The van der Waals surface area contributed by atoms with Crippen molar-refractivity contribution < 1.29 is 9.47 Å². The maximum Gasteiger partial charge on any atom is 0.179 e. The molecular formula is C11H13N3O2S. The second kappa shape index (κ2) is 4.56. The highest BCUT2D eigenvalue weighted by atomic mass is 32.1. The number of rotatable bonds is 2. The molecule has 0 aliphatic carbocycles. The Morgan fingerprint density at radius 3 is 3.29 bits per heavy atom. The number of nitrogens with one attached hydrogen (secondary N) is 1. The van der Waals surface area contributed by atoms with Crippen molar-refractivity contribution in [1.29, 1.82) is 0 Å². The molecule has 1 saturated heterocycles. The summed E-state index contributed by atoms with van der Waals surface area (Å²) < 4.78 is 13.6. The van der Waals surface area contributed by atoms with Crippen LogP contribution in [0.15, 0.2) is 18.3 Å². The van der Waals surface area contributed by atoms with Crippen molar-refractivity contribution >= 4 is 23.4 Å². The first kappa shape index (κ1) is 10.9. The van der Waals surface area contributed by atoms with Gasteiger partial charge in [-0.05, 0) is 24.4 Å². The monoisotopic (exact) mass is 251 g/mol. The summed E-state index contributed by atoms with van der Waals surface area (Å²) >= 11 is 5.29. The number of hydrogen-bond acceptors (Lipinski definition) is 4. The van der Waals surface area contributed by atoms with Gasteiger partial charge in [-0.2, -0.15) is 0 Å². The summed E-state index contributed by atoms with van der Waals surface area (Å²) in [5.41, 5.74) is 1.82. The fourth-order valence-electron chi connectivity index (χ4n) is 2.00. The molecular weight excluding hydrogens is 238 g/mol. The Balaban J connectivity index is 1.93. The van der Waals surface area contributed by atoms with Gasteiger partial charge < -0.3 is 14.5 Å². The van der Waals surface area contributed by atoms with E-state index in [1.807, 2.05) is 16.7 Å². The molecule has 2 aromatic heterocycles. The van der Waals surface area contributed by atoms with E-state index in [2.05, 4.69) is 9.97 Å². The zero-order valence-corrected chi connectivity index (χ0v) is 10.1. The van der Waals surface area contributed by atoms with Crippen molar-refractivity contribution in [3.63, 3.8) is 0 Å². The molecule has 17 heavy (non-hydrogen) atoms. The molecule has 3 heterocycles. The van der Waals surface area contributed by atoms with E-state index in [0.29, 0.717) is 31.1 Å². The number of aromatic amines is 1. The van der Waals surface area contributed by atoms with Gasteiger partial charge in [0.05, 0.1) is 38.0 Å². The van der Waals surface area contributed by atoms with E-state index in [9.17, 15) is 0 Å². The molecule has 5 nitrogen and oxygen atoms in total. The van der Waals surface area contributed by atoms with Crippen LogP contribution in [0.5, 0.6) is 0 Å². The maximum absolute atomic E-state index is 5.62. The minimum Gasteiger partial charge on any atom is -0.376 e. The Labute approximate surface area is 103 Å². The second-order valence-electron chi connectivity index (χ2n) is 3.98. The van der Waals surface area contributed by atoms with E-state index in [4.69, 9.17) is 21.7 Å². The molecule has 2 aromatic rings. The molecule has 90 valence electrons. The maximum atomic E-state index is 5.62. The normalized spacial score (nSPS) is 20.8. The largest absolute Gasteiger partial charge is 0.376 e. The molecule has 0 radical (unpaired) electrons. The van der Waals surface area contributed by atoms with Gasteiger partial charge in [0.2, 0.25) is 0 Å². The Morgan fingerprint density at radius 2 is 2.47 bits per heavy atom. The zero-order valence-electron chi connectivity index (χ0n) is 9.26. The van der Waals surface area contributed by atoms with Crippen LogP contribution in [-0.4, -0.2) is 40.5 Å². The average Bonchev–Trinajstić information content (AvgIpc) is 2.68. The molecule has 1 unspecified atom stereocenters. The first-order valence-electron chi connectivity index (χ1n) is 5.57. The number of imidazole rings is 1. The van der Waals surface area contributed by atoms with E-state index in [1.165, 1.54) is 0 Å². The molecule has 1 aliphatic rings. The van der Waals surface area contributed by atoms with Crippen LogP contribution >= 0.6 is 12.2 Å². The Morgan fingerprint density at radius 1 is 1.53 bits per heavy atom. The summed E-state index contributed by atoms with van der Waals surface area (Å²) in [7, 11) is 0. The van der Waals surface area contributed by atoms with Crippen molar-refractivity contribution in [2.75, 3.05) is 19.8 Å². The van der Waals surface area contributed by atoms with E-state index in [0.717, 1.165) is 11.2 Å². The van der Waals surface area contributed by atoms with Crippen LogP contribution in [0.3, 0.4) is 0 Å². The highest BCUT2D eigenvalue weighted by Gasteiger charge is 2.17. The van der Waals surface area contributed by atoms with Gasteiger partial charge in [0.25, 0.3) is 0 Å². The first-order valence-corrected chi connectivity index (χ1v) is 5.98. The van der Waals surface area contributed by atoms with Crippen LogP contribution in [0.1, 0.15) is 0 Å². The topological polar surface area (TPSA) is 52.1 Å². The summed E-state index contributed by atoms with van der Waals surface area (Å²) in [6, 6.07) is 3.85. The van der Waals surface area contributed by atoms with Gasteiger partial charge in [0.1, 0.15) is 0 Å². The number of nitrogens with zero attached hydrogens (tertiary/aromatic N) is 2. The van der Waals surface area contributed by atoms with Crippen molar-refractivity contribution in [2.24, 2.45) is 0 Å². The second-order valence-corrected chi connectivity index (χ2v) is 4.37. The third-order valence-corrected chi connectivity index (χ3v) is 3.12. The molecule has 1 aliphatic heterocycles. The summed E-state index contributed by atoms with van der Waals surface area (Å²) in [6.45, 7) is 2.61. The minimum atomic E-state index is 0.0523. The lowest BCUT2D eigenvalue weighted by molar-refractivity contribution is -0.0933. The van der Waals surface area contributed by atoms with Crippen molar-refractivity contribution in [1.82, 2.24) is 14.5 Å². The summed E-state index contributed by atoms with van der Waals surface area (Å²) in [5, 5.41) is 0. The molecule has 0 bridgehead atoms. The van der Waals surface area contributed by atoms with E-state index >= 15 is 0 Å². The quantitative estimate of drug-likeness (QED) is 0.822. The number of H-pyrrole nitrogens is 1. The van der Waals surface area contributed by atoms with Crippen molar-refractivity contribution in [2.45, 2.75) is 12.6 Å². The number of aromatic nitrogens is 3. The van der Waals surface area contributed by atoms with Gasteiger partial charge in [-0.15, -0.1) is 0 Å². The fraction of sp³-hybridized carbons (Fsp3) is 0.455. The Hall–Kier alpha value is -1.24. The van der Waals surface area contributed by atoms with Gasteiger partial charge in [0.15, 0.2) is 10.4 Å². The number of fused-ring (bicyclic) bond motifs is 1. The molecule has 0 saturated carbocycles. The van der Waals surface area contributed by atoms with E-state index < -0.39 is 0 Å². The lowest BCUT2D eigenvalue weighted by atomic mass is 10.3. The predicted octanol–water partition coefficient (Wildman–Crippen LogP) is 1.51. The highest BCUT2D eigenvalue weighted by molar-refractivity contribution is 7.71. The van der Waals surface area contributed by atoms with Crippen molar-refractivity contribution in [3.05, 3.63) is 23.1 Å². The third kappa shape index (κ3) is 2.11. The Bertz CT molecular complexity index is 571. The average molecular weight is 251 g/mol. The highest BCUT2D eigenvalue weighted by Crippen LogP contribution is 2.13. The van der Waals surface area contributed by atoms with Gasteiger partial charge in [-0.1, -0.05) is 0 Å². The number of hydrogen-bond donors (Lipinski definition) is 1. The minimum absolute atomic E-state index is 0.0523. The van der Waals surface area contributed by atoms with Crippen molar-refractivity contribution in [3.8, 4) is 0 Å². The molecule has 3 rings (SSSR count). The van der Waals surface area contributed by atoms with Gasteiger partial charge in [0, 0.05) is 6.20 Å². The van der Waals surface area contributed by atoms with E-state index in [1.54, 1.807) is 6.20 Å². The molecule has 1 N–H and O–H groups in total. The Kier molecular flexibility index (Phi) is 2.92. The lowest BCUT2D eigenvalue weighted by Gasteiger charge is -2.23. The standard InChI is InChI=1S/C11H13N3O2S/c17-11-13-9-2-1-3-12-10(9)14(11)6-8-7-15-4-5-16-8/h1-3,8H,4-7H2,(H,13,17). The molecule has 6 heteroatoms. The smallest absolute Gasteiger partial charge is 0.179 e. The van der Waals surface area contributed by atoms with Crippen LogP contribution in [0, 0.1) is 4.77 Å². The van der Waals surface area contributed by atoms with Crippen LogP contribution in [-0.2, 0) is 16.0 Å². The van der Waals surface area contributed by atoms with Crippen LogP contribution < -0.4 is 0 Å². The van der Waals surface area contributed by atoms with Crippen LogP contribution in [0.2, 0.25) is 0 Å². The van der Waals surface area contributed by atoms with Gasteiger partial charge in [-0.3, -0.25) is 4.57 Å². The SMILES string of the molecule is S=c1[nH]c2cccnc2n1CC1COCCO1. The van der Waals surface area contributed by atoms with Crippen LogP contribution in [0.25, 0.3) is 11.2 Å². The zero-order chi connectivity index (χ0) is 11.7. The molecule has 0 amide bonds. The fourth-order valence-corrected chi connectivity index (χ4v) is 2.27. The van der Waals surface area contributed by atoms with Crippen LogP contribution in [0.4, 0.5) is 0 Å². The van der Waals surface area contributed by atoms with Gasteiger partial charge in [-0.25, -0.2) is 4.98 Å². The summed E-state index contributed by atoms with van der Waals surface area (Å²) in [6.07, 6.45) is 1.82. The lowest BCUT2D eigenvalue weighted by Crippen LogP contribution is -2.32. The molecule has 1 fully saturated rings. The summed E-state index contributed by atoms with van der Waals surface area (Å²) in [5.74, 6) is 0. The number of ether oxygens (including phenoxy) is 2. The van der Waals surface area contributed by atoms with Gasteiger partial charge >= 0.3 is 0 Å². The molecule has 0 aromatic carbocycles. The summed E-state index contributed by atoms with van der Waals surface area (Å²) in [4.78, 5) is 7.47. The predicted molar refractivity (Wildman–Crippen MR) is 65.5 cm³/mol. The van der Waals surface area contributed by atoms with E-state index in [-0.39, 0.29) is 6.10 Å². The number of pyridine rings is 1.